The van der Waals surface area contributed by atoms with E-state index in [1.807, 2.05) is 0 Å². The van der Waals surface area contributed by atoms with Crippen LogP contribution in [-0.2, 0) is 4.79 Å². The monoisotopic (exact) mass is 386 g/mol. The van der Waals surface area contributed by atoms with Gasteiger partial charge in [-0.3, -0.25) is 19.7 Å². The Labute approximate surface area is 161 Å². The summed E-state index contributed by atoms with van der Waals surface area (Å²) in [6.07, 6.45) is 7.91. The number of non-ortho nitro benzene ring substituents is 1. The van der Waals surface area contributed by atoms with Crippen molar-refractivity contribution in [3.8, 4) is 5.69 Å². The maximum Gasteiger partial charge on any atom is 0.308 e. The smallest absolute Gasteiger partial charge is 0.308 e. The molecule has 28 heavy (non-hydrogen) atoms. The van der Waals surface area contributed by atoms with Gasteiger partial charge in [0.2, 0.25) is 0 Å². The molecule has 0 aliphatic heterocycles. The molecule has 1 fully saturated rings. The van der Waals surface area contributed by atoms with Crippen molar-refractivity contribution >= 4 is 17.6 Å². The number of hydrogen-bond donors (Lipinski definition) is 2. The number of carboxylic acid groups (broad SMARTS) is 1. The van der Waals surface area contributed by atoms with E-state index in [2.05, 4.69) is 10.4 Å². The minimum absolute atomic E-state index is 0.0298. The zero-order valence-electron chi connectivity index (χ0n) is 15.3. The van der Waals surface area contributed by atoms with Gasteiger partial charge in [0, 0.05) is 24.4 Å². The predicted octanol–water partition coefficient (Wildman–Crippen LogP) is 2.93. The second-order valence-electron chi connectivity index (χ2n) is 6.96. The van der Waals surface area contributed by atoms with E-state index in [9.17, 15) is 24.8 Å². The fraction of sp³-hybridized carbons (Fsp3) is 0.421. The Balaban J connectivity index is 1.72. The average Bonchev–Trinajstić information content (AvgIpc) is 3.14. The molecule has 1 aliphatic carbocycles. The zero-order valence-corrected chi connectivity index (χ0v) is 15.3. The van der Waals surface area contributed by atoms with E-state index < -0.39 is 22.9 Å². The number of carbonyl (C=O) groups excluding carboxylic acids is 1. The number of aliphatic carboxylic acids is 1. The first kappa shape index (κ1) is 19.5. The molecule has 9 nitrogen and oxygen atoms in total. The predicted molar refractivity (Wildman–Crippen MR) is 100 cm³/mol. The number of hydrogen-bond acceptors (Lipinski definition) is 5. The second-order valence-corrected chi connectivity index (χ2v) is 6.96. The van der Waals surface area contributed by atoms with Gasteiger partial charge in [0.05, 0.1) is 28.3 Å². The van der Waals surface area contributed by atoms with E-state index in [1.165, 1.54) is 29.2 Å². The van der Waals surface area contributed by atoms with Gasteiger partial charge in [-0.2, -0.15) is 5.10 Å². The summed E-state index contributed by atoms with van der Waals surface area (Å²) < 4.78 is 1.45. The molecule has 1 saturated carbocycles. The molecule has 1 heterocycles. The molecule has 1 aliphatic rings. The van der Waals surface area contributed by atoms with Crippen molar-refractivity contribution in [2.45, 2.75) is 44.6 Å². The maximum atomic E-state index is 12.6. The summed E-state index contributed by atoms with van der Waals surface area (Å²) in [5, 5.41) is 27.2. The van der Waals surface area contributed by atoms with Gasteiger partial charge in [-0.1, -0.05) is 25.7 Å². The minimum atomic E-state index is -0.881. The van der Waals surface area contributed by atoms with Gasteiger partial charge in [0.1, 0.15) is 0 Å². The summed E-state index contributed by atoms with van der Waals surface area (Å²) >= 11 is 0. The highest BCUT2D eigenvalue weighted by Crippen LogP contribution is 2.24. The molecule has 1 amide bonds. The molecular weight excluding hydrogens is 364 g/mol. The van der Waals surface area contributed by atoms with Crippen molar-refractivity contribution in [3.05, 3.63) is 52.3 Å². The molecule has 3 rings (SSSR count). The Morgan fingerprint density at radius 1 is 1.14 bits per heavy atom. The fourth-order valence-corrected chi connectivity index (χ4v) is 3.51. The van der Waals surface area contributed by atoms with E-state index in [0.717, 1.165) is 25.7 Å². The molecule has 1 aromatic heterocycles. The Kier molecular flexibility index (Phi) is 6.03. The maximum absolute atomic E-state index is 12.6. The number of aromatic nitrogens is 2. The highest BCUT2D eigenvalue weighted by atomic mass is 16.6. The fourth-order valence-electron chi connectivity index (χ4n) is 3.51. The van der Waals surface area contributed by atoms with Crippen molar-refractivity contribution in [2.24, 2.45) is 5.92 Å². The van der Waals surface area contributed by atoms with E-state index in [1.54, 1.807) is 12.1 Å². The summed E-state index contributed by atoms with van der Waals surface area (Å²) in [5.74, 6) is -1.84. The van der Waals surface area contributed by atoms with Gasteiger partial charge >= 0.3 is 5.97 Å². The molecule has 2 atom stereocenters. The number of benzene rings is 1. The van der Waals surface area contributed by atoms with Gasteiger partial charge in [-0.25, -0.2) is 4.68 Å². The van der Waals surface area contributed by atoms with Crippen molar-refractivity contribution in [3.63, 3.8) is 0 Å². The molecule has 2 aromatic rings. The second kappa shape index (κ2) is 8.64. The summed E-state index contributed by atoms with van der Waals surface area (Å²) in [4.78, 5) is 34.5. The standard InChI is InChI=1S/C19H22N4O5/c24-18(21-17-6-4-2-1-3-5-16(17)19(25)26)13-11-20-22(12-13)14-7-9-15(10-8-14)23(27)28/h7-12,16-17H,1-6H2,(H,21,24)(H,25,26). The van der Waals surface area contributed by atoms with E-state index in [4.69, 9.17) is 0 Å². The normalized spacial score (nSPS) is 20.0. The third-order valence-corrected chi connectivity index (χ3v) is 5.07. The van der Waals surface area contributed by atoms with Crippen LogP contribution in [0.5, 0.6) is 0 Å². The first-order valence-corrected chi connectivity index (χ1v) is 9.29. The van der Waals surface area contributed by atoms with Gasteiger partial charge in [-0.15, -0.1) is 0 Å². The highest BCUT2D eigenvalue weighted by molar-refractivity contribution is 5.94. The lowest BCUT2D eigenvalue weighted by Gasteiger charge is -2.27. The third kappa shape index (κ3) is 4.54. The SMILES string of the molecule is O=C(NC1CCCCCCC1C(=O)O)c1cnn(-c2ccc([N+](=O)[O-])cc2)c1. The van der Waals surface area contributed by atoms with Crippen LogP contribution in [0.25, 0.3) is 5.69 Å². The van der Waals surface area contributed by atoms with E-state index >= 15 is 0 Å². The van der Waals surface area contributed by atoms with Gasteiger partial charge in [0.15, 0.2) is 0 Å². The number of carbonyl (C=O) groups is 2. The first-order valence-electron chi connectivity index (χ1n) is 9.29. The highest BCUT2D eigenvalue weighted by Gasteiger charge is 2.30. The minimum Gasteiger partial charge on any atom is -0.481 e. The van der Waals surface area contributed by atoms with Crippen molar-refractivity contribution in [2.75, 3.05) is 0 Å². The average molecular weight is 386 g/mol. The third-order valence-electron chi connectivity index (χ3n) is 5.07. The van der Waals surface area contributed by atoms with E-state index in [0.29, 0.717) is 24.1 Å². The molecule has 0 spiro atoms. The lowest BCUT2D eigenvalue weighted by atomic mass is 9.86. The molecule has 1 aromatic carbocycles. The largest absolute Gasteiger partial charge is 0.481 e. The molecule has 0 radical (unpaired) electrons. The number of amides is 1. The Bertz CT molecular complexity index is 861. The van der Waals surface area contributed by atoms with Crippen LogP contribution in [0.3, 0.4) is 0 Å². The van der Waals surface area contributed by atoms with Crippen LogP contribution >= 0.6 is 0 Å². The van der Waals surface area contributed by atoms with Crippen LogP contribution in [0, 0.1) is 16.0 Å². The number of nitro groups is 1. The quantitative estimate of drug-likeness (QED) is 0.601. The lowest BCUT2D eigenvalue weighted by molar-refractivity contribution is -0.384. The van der Waals surface area contributed by atoms with Gasteiger partial charge in [0.25, 0.3) is 11.6 Å². The van der Waals surface area contributed by atoms with Gasteiger partial charge in [-0.05, 0) is 25.0 Å². The van der Waals surface area contributed by atoms with Crippen LogP contribution in [0.15, 0.2) is 36.7 Å². The topological polar surface area (TPSA) is 127 Å². The molecule has 0 saturated heterocycles. The zero-order chi connectivity index (χ0) is 20.1. The summed E-state index contributed by atoms with van der Waals surface area (Å²) in [6.45, 7) is 0. The number of rotatable bonds is 5. The molecule has 0 bridgehead atoms. The Morgan fingerprint density at radius 3 is 2.46 bits per heavy atom. The molecule has 9 heteroatoms. The first-order chi connectivity index (χ1) is 13.5. The van der Waals surface area contributed by atoms with Crippen molar-refractivity contribution in [1.29, 1.82) is 0 Å². The molecule has 2 unspecified atom stereocenters. The summed E-state index contributed by atoms with van der Waals surface area (Å²) in [7, 11) is 0. The summed E-state index contributed by atoms with van der Waals surface area (Å²) in [6, 6.07) is 5.41. The van der Waals surface area contributed by atoms with Crippen LogP contribution in [0.4, 0.5) is 5.69 Å². The van der Waals surface area contributed by atoms with Crippen molar-refractivity contribution in [1.82, 2.24) is 15.1 Å². The number of nitro benzene ring substituents is 1. The number of nitrogens with one attached hydrogen (secondary N) is 1. The Hall–Kier alpha value is -3.23. The van der Waals surface area contributed by atoms with Crippen LogP contribution in [-0.4, -0.2) is 37.7 Å². The molecule has 2 N–H and O–H groups in total. The Morgan fingerprint density at radius 2 is 1.82 bits per heavy atom. The molecular formula is C19H22N4O5. The number of carboxylic acids is 1. The van der Waals surface area contributed by atoms with Crippen LogP contribution < -0.4 is 5.32 Å². The molecule has 148 valence electrons. The van der Waals surface area contributed by atoms with Gasteiger partial charge < -0.3 is 10.4 Å². The lowest BCUT2D eigenvalue weighted by Crippen LogP contribution is -2.43. The summed E-state index contributed by atoms with van der Waals surface area (Å²) in [5.41, 5.74) is 0.862. The van der Waals surface area contributed by atoms with Crippen molar-refractivity contribution < 1.29 is 19.6 Å². The van der Waals surface area contributed by atoms with Crippen LogP contribution in [0.1, 0.15) is 48.9 Å². The van der Waals surface area contributed by atoms with E-state index in [-0.39, 0.29) is 11.6 Å². The van der Waals surface area contributed by atoms with Crippen LogP contribution in [0.2, 0.25) is 0 Å². The number of nitrogens with zero attached hydrogens (tertiary/aromatic N) is 3.